The van der Waals surface area contributed by atoms with Gasteiger partial charge in [0.2, 0.25) is 0 Å². The molecular formula is C12H16O5S2. The SMILES string of the molecule is CCSCCS(=O)(=O)c1ccc(OC)c(C(=O)O)c1. The van der Waals surface area contributed by atoms with Crippen LogP contribution in [0.2, 0.25) is 0 Å². The van der Waals surface area contributed by atoms with Gasteiger partial charge in [-0.15, -0.1) is 0 Å². The number of ether oxygens (including phenoxy) is 1. The number of thioether (sulfide) groups is 1. The van der Waals surface area contributed by atoms with E-state index in [0.717, 1.165) is 11.8 Å². The maximum absolute atomic E-state index is 12.0. The van der Waals surface area contributed by atoms with Gasteiger partial charge in [0.25, 0.3) is 0 Å². The van der Waals surface area contributed by atoms with Crippen molar-refractivity contribution in [1.82, 2.24) is 0 Å². The van der Waals surface area contributed by atoms with Crippen LogP contribution in [0.5, 0.6) is 5.75 Å². The van der Waals surface area contributed by atoms with Crippen LogP contribution in [-0.4, -0.2) is 43.9 Å². The van der Waals surface area contributed by atoms with Crippen molar-refractivity contribution >= 4 is 27.6 Å². The Bertz CT molecular complexity index is 551. The number of carboxylic acid groups (broad SMARTS) is 1. The molecule has 106 valence electrons. The highest BCUT2D eigenvalue weighted by Crippen LogP contribution is 2.23. The van der Waals surface area contributed by atoms with E-state index in [9.17, 15) is 13.2 Å². The van der Waals surface area contributed by atoms with Crippen molar-refractivity contribution in [1.29, 1.82) is 0 Å². The molecule has 7 heteroatoms. The van der Waals surface area contributed by atoms with Crippen molar-refractivity contribution in [2.45, 2.75) is 11.8 Å². The van der Waals surface area contributed by atoms with Gasteiger partial charge in [-0.3, -0.25) is 0 Å². The van der Waals surface area contributed by atoms with Crippen LogP contribution in [0.15, 0.2) is 23.1 Å². The van der Waals surface area contributed by atoms with Crippen molar-refractivity contribution in [3.63, 3.8) is 0 Å². The zero-order valence-corrected chi connectivity index (χ0v) is 12.4. The van der Waals surface area contributed by atoms with Crippen LogP contribution >= 0.6 is 11.8 Å². The third-order valence-electron chi connectivity index (χ3n) is 2.46. The van der Waals surface area contributed by atoms with Gasteiger partial charge in [0.15, 0.2) is 9.84 Å². The summed E-state index contributed by atoms with van der Waals surface area (Å²) >= 11 is 1.53. The van der Waals surface area contributed by atoms with Crippen LogP contribution in [0, 0.1) is 0 Å². The fourth-order valence-corrected chi connectivity index (χ4v) is 3.92. The fraction of sp³-hybridized carbons (Fsp3) is 0.417. The molecule has 1 aromatic carbocycles. The number of aromatic carboxylic acids is 1. The molecule has 0 amide bonds. The largest absolute Gasteiger partial charge is 0.496 e. The van der Waals surface area contributed by atoms with Crippen molar-refractivity contribution in [3.8, 4) is 5.75 Å². The molecule has 0 aliphatic heterocycles. The number of hydrogen-bond acceptors (Lipinski definition) is 5. The Hall–Kier alpha value is -1.21. The van der Waals surface area contributed by atoms with Gasteiger partial charge in [-0.1, -0.05) is 6.92 Å². The zero-order valence-electron chi connectivity index (χ0n) is 10.8. The van der Waals surface area contributed by atoms with Crippen molar-refractivity contribution in [3.05, 3.63) is 23.8 Å². The maximum Gasteiger partial charge on any atom is 0.339 e. The predicted molar refractivity (Wildman–Crippen MR) is 75.0 cm³/mol. The first-order chi connectivity index (χ1) is 8.92. The van der Waals surface area contributed by atoms with Gasteiger partial charge in [-0.25, -0.2) is 13.2 Å². The van der Waals surface area contributed by atoms with E-state index in [1.54, 1.807) is 0 Å². The minimum Gasteiger partial charge on any atom is -0.496 e. The Kier molecular flexibility index (Phi) is 5.68. The van der Waals surface area contributed by atoms with Gasteiger partial charge in [-0.05, 0) is 24.0 Å². The van der Waals surface area contributed by atoms with E-state index in [-0.39, 0.29) is 22.0 Å². The van der Waals surface area contributed by atoms with E-state index in [0.29, 0.717) is 5.75 Å². The summed E-state index contributed by atoms with van der Waals surface area (Å²) in [5.74, 6) is 0.272. The molecule has 5 nitrogen and oxygen atoms in total. The van der Waals surface area contributed by atoms with Gasteiger partial charge >= 0.3 is 5.97 Å². The first-order valence-corrected chi connectivity index (χ1v) is 8.45. The lowest BCUT2D eigenvalue weighted by Gasteiger charge is -2.08. The lowest BCUT2D eigenvalue weighted by molar-refractivity contribution is 0.0693. The number of carbonyl (C=O) groups is 1. The molecule has 1 aromatic rings. The van der Waals surface area contributed by atoms with Gasteiger partial charge in [0.05, 0.1) is 17.8 Å². The molecule has 0 spiro atoms. The van der Waals surface area contributed by atoms with Crippen LogP contribution < -0.4 is 4.74 Å². The number of carboxylic acids is 1. The van der Waals surface area contributed by atoms with Crippen molar-refractivity contribution in [2.75, 3.05) is 24.4 Å². The normalized spacial score (nSPS) is 11.3. The standard InChI is InChI=1S/C12H16O5S2/c1-3-18-6-7-19(15,16)9-4-5-11(17-2)10(8-9)12(13)14/h4-5,8H,3,6-7H2,1-2H3,(H,13,14). The van der Waals surface area contributed by atoms with Crippen LogP contribution in [0.3, 0.4) is 0 Å². The average Bonchev–Trinajstić information content (AvgIpc) is 2.38. The molecule has 0 aliphatic rings. The van der Waals surface area contributed by atoms with Crippen molar-refractivity contribution < 1.29 is 23.1 Å². The number of sulfone groups is 1. The van der Waals surface area contributed by atoms with Gasteiger partial charge in [-0.2, -0.15) is 11.8 Å². The molecule has 1 N–H and O–H groups in total. The summed E-state index contributed by atoms with van der Waals surface area (Å²) in [6.07, 6.45) is 0. The van der Waals surface area contributed by atoms with E-state index >= 15 is 0 Å². The second-order valence-electron chi connectivity index (χ2n) is 3.68. The average molecular weight is 304 g/mol. The highest BCUT2D eigenvalue weighted by atomic mass is 32.2. The molecular weight excluding hydrogens is 288 g/mol. The molecule has 0 aromatic heterocycles. The Morgan fingerprint density at radius 2 is 2.11 bits per heavy atom. The topological polar surface area (TPSA) is 80.7 Å². The predicted octanol–water partition coefficient (Wildman–Crippen LogP) is 1.92. The molecule has 0 fully saturated rings. The molecule has 0 atom stereocenters. The summed E-state index contributed by atoms with van der Waals surface area (Å²) < 4.78 is 29.0. The molecule has 0 unspecified atom stereocenters. The first-order valence-electron chi connectivity index (χ1n) is 5.64. The summed E-state index contributed by atoms with van der Waals surface area (Å²) in [6.45, 7) is 1.95. The minimum atomic E-state index is -3.45. The van der Waals surface area contributed by atoms with Gasteiger partial charge < -0.3 is 9.84 Å². The summed E-state index contributed by atoms with van der Waals surface area (Å²) in [5.41, 5.74) is -0.147. The van der Waals surface area contributed by atoms with Crippen LogP contribution in [0.1, 0.15) is 17.3 Å². The van der Waals surface area contributed by atoms with E-state index in [2.05, 4.69) is 0 Å². The van der Waals surface area contributed by atoms with Crippen molar-refractivity contribution in [2.24, 2.45) is 0 Å². The van der Waals surface area contributed by atoms with Gasteiger partial charge in [0, 0.05) is 5.75 Å². The molecule has 0 saturated heterocycles. The van der Waals surface area contributed by atoms with Crippen LogP contribution in [0.25, 0.3) is 0 Å². The van der Waals surface area contributed by atoms with E-state index in [1.807, 2.05) is 6.92 Å². The molecule has 19 heavy (non-hydrogen) atoms. The summed E-state index contributed by atoms with van der Waals surface area (Å²) in [4.78, 5) is 11.1. The minimum absolute atomic E-state index is 0.00308. The summed E-state index contributed by atoms with van der Waals surface area (Å²) in [6, 6.07) is 3.88. The Labute approximate surface area is 116 Å². The molecule has 0 saturated carbocycles. The molecule has 0 bridgehead atoms. The van der Waals surface area contributed by atoms with E-state index in [1.165, 1.54) is 31.0 Å². The Morgan fingerprint density at radius 3 is 2.63 bits per heavy atom. The van der Waals surface area contributed by atoms with E-state index in [4.69, 9.17) is 9.84 Å². The summed E-state index contributed by atoms with van der Waals surface area (Å²) in [7, 11) is -2.11. The highest BCUT2D eigenvalue weighted by molar-refractivity contribution is 8.00. The van der Waals surface area contributed by atoms with Crippen LogP contribution in [0.4, 0.5) is 0 Å². The molecule has 1 rings (SSSR count). The number of rotatable bonds is 7. The molecule has 0 aliphatic carbocycles. The van der Waals surface area contributed by atoms with Gasteiger partial charge in [0.1, 0.15) is 11.3 Å². The first kappa shape index (κ1) is 15.8. The third kappa shape index (κ3) is 4.14. The second kappa shape index (κ2) is 6.81. The zero-order chi connectivity index (χ0) is 14.5. The number of methoxy groups -OCH3 is 1. The second-order valence-corrected chi connectivity index (χ2v) is 7.19. The smallest absolute Gasteiger partial charge is 0.339 e. The highest BCUT2D eigenvalue weighted by Gasteiger charge is 2.19. The number of hydrogen-bond donors (Lipinski definition) is 1. The quantitative estimate of drug-likeness (QED) is 0.775. The lowest BCUT2D eigenvalue weighted by Crippen LogP contribution is -2.11. The molecule has 0 heterocycles. The number of benzene rings is 1. The van der Waals surface area contributed by atoms with Crippen LogP contribution in [-0.2, 0) is 9.84 Å². The summed E-state index contributed by atoms with van der Waals surface area (Å²) in [5, 5.41) is 9.02. The lowest BCUT2D eigenvalue weighted by atomic mass is 10.2. The monoisotopic (exact) mass is 304 g/mol. The Balaban J connectivity index is 3.07. The van der Waals surface area contributed by atoms with E-state index < -0.39 is 15.8 Å². The maximum atomic E-state index is 12.0. The Morgan fingerprint density at radius 1 is 1.42 bits per heavy atom. The third-order valence-corrected chi connectivity index (χ3v) is 5.33. The molecule has 0 radical (unpaired) electrons. The fourth-order valence-electron chi connectivity index (χ4n) is 1.48.